The van der Waals surface area contributed by atoms with Gasteiger partial charge in [0.25, 0.3) is 0 Å². The van der Waals surface area contributed by atoms with Gasteiger partial charge in [-0.15, -0.1) is 0 Å². The van der Waals surface area contributed by atoms with Crippen LogP contribution in [0.1, 0.15) is 5.76 Å². The Labute approximate surface area is 143 Å². The lowest BCUT2D eigenvalue weighted by molar-refractivity contribution is 0.518. The molecule has 6 heteroatoms. The molecule has 0 aliphatic carbocycles. The minimum absolute atomic E-state index is 0.318. The summed E-state index contributed by atoms with van der Waals surface area (Å²) >= 11 is 0. The van der Waals surface area contributed by atoms with Crippen molar-refractivity contribution in [2.45, 2.75) is 6.54 Å². The van der Waals surface area contributed by atoms with E-state index in [4.69, 9.17) is 4.42 Å². The van der Waals surface area contributed by atoms with Crippen LogP contribution < -0.4 is 10.6 Å². The number of anilines is 3. The molecule has 0 aliphatic heterocycles. The molecule has 0 amide bonds. The van der Waals surface area contributed by atoms with Crippen molar-refractivity contribution < 1.29 is 8.81 Å². The molecule has 0 atom stereocenters. The Morgan fingerprint density at radius 2 is 1.88 bits per heavy atom. The van der Waals surface area contributed by atoms with E-state index in [1.165, 1.54) is 12.1 Å². The van der Waals surface area contributed by atoms with Gasteiger partial charge in [-0.25, -0.2) is 9.37 Å². The molecule has 124 valence electrons. The highest BCUT2D eigenvalue weighted by Crippen LogP contribution is 2.24. The number of benzene rings is 2. The second kappa shape index (κ2) is 6.60. The molecule has 4 rings (SSSR count). The number of hydrogen-bond donors (Lipinski definition) is 2. The fourth-order valence-electron chi connectivity index (χ4n) is 2.55. The van der Waals surface area contributed by atoms with E-state index >= 15 is 0 Å². The molecule has 0 fully saturated rings. The van der Waals surface area contributed by atoms with Crippen LogP contribution in [0.4, 0.5) is 21.8 Å². The maximum absolute atomic E-state index is 13.4. The Hall–Kier alpha value is -3.41. The van der Waals surface area contributed by atoms with E-state index in [9.17, 15) is 4.39 Å². The molecule has 0 aliphatic rings. The van der Waals surface area contributed by atoms with Gasteiger partial charge in [0, 0.05) is 11.1 Å². The summed E-state index contributed by atoms with van der Waals surface area (Å²) in [5.41, 5.74) is 1.38. The van der Waals surface area contributed by atoms with Crippen molar-refractivity contribution in [3.63, 3.8) is 0 Å². The fourth-order valence-corrected chi connectivity index (χ4v) is 2.55. The van der Waals surface area contributed by atoms with E-state index in [1.807, 2.05) is 36.4 Å². The molecular weight excluding hydrogens is 319 g/mol. The van der Waals surface area contributed by atoms with Crippen LogP contribution in [0.5, 0.6) is 0 Å². The molecule has 2 N–H and O–H groups in total. The zero-order valence-corrected chi connectivity index (χ0v) is 13.2. The first-order valence-corrected chi connectivity index (χ1v) is 7.83. The maximum Gasteiger partial charge on any atom is 0.229 e. The van der Waals surface area contributed by atoms with Crippen molar-refractivity contribution in [2.75, 3.05) is 10.6 Å². The molecular formula is C19H15FN4O. The van der Waals surface area contributed by atoms with Gasteiger partial charge in [0.15, 0.2) is 0 Å². The number of nitrogens with zero attached hydrogens (tertiary/aromatic N) is 2. The number of para-hydroxylation sites is 1. The van der Waals surface area contributed by atoms with Crippen molar-refractivity contribution >= 4 is 28.4 Å². The summed E-state index contributed by atoms with van der Waals surface area (Å²) in [5.74, 6) is 1.57. The summed E-state index contributed by atoms with van der Waals surface area (Å²) in [6.07, 6.45) is 1.63. The highest BCUT2D eigenvalue weighted by molar-refractivity contribution is 5.90. The van der Waals surface area contributed by atoms with Gasteiger partial charge in [0.05, 0.1) is 18.3 Å². The zero-order chi connectivity index (χ0) is 17.1. The van der Waals surface area contributed by atoms with Crippen LogP contribution in [0, 0.1) is 5.82 Å². The number of furan rings is 1. The quantitative estimate of drug-likeness (QED) is 0.553. The number of halogens is 1. The topological polar surface area (TPSA) is 63.0 Å². The van der Waals surface area contributed by atoms with Crippen LogP contribution in [0.15, 0.2) is 71.3 Å². The van der Waals surface area contributed by atoms with Crippen molar-refractivity contribution in [3.8, 4) is 0 Å². The molecule has 0 bridgehead atoms. The largest absolute Gasteiger partial charge is 0.467 e. The van der Waals surface area contributed by atoms with Crippen LogP contribution >= 0.6 is 0 Å². The molecule has 0 spiro atoms. The second-order valence-corrected chi connectivity index (χ2v) is 5.48. The maximum atomic E-state index is 13.4. The molecule has 0 radical (unpaired) electrons. The highest BCUT2D eigenvalue weighted by atomic mass is 19.1. The Balaban J connectivity index is 1.67. The van der Waals surface area contributed by atoms with Gasteiger partial charge in [0.2, 0.25) is 5.95 Å². The number of hydrogen-bond acceptors (Lipinski definition) is 5. The van der Waals surface area contributed by atoms with Crippen molar-refractivity contribution in [1.29, 1.82) is 0 Å². The van der Waals surface area contributed by atoms with Gasteiger partial charge in [-0.1, -0.05) is 18.2 Å². The van der Waals surface area contributed by atoms with Gasteiger partial charge in [-0.05, 0) is 42.5 Å². The van der Waals surface area contributed by atoms with Crippen molar-refractivity contribution in [2.24, 2.45) is 0 Å². The predicted molar refractivity (Wildman–Crippen MR) is 95.3 cm³/mol. The molecule has 25 heavy (non-hydrogen) atoms. The fraction of sp³-hybridized carbons (Fsp3) is 0.0526. The Bertz CT molecular complexity index is 1000. The highest BCUT2D eigenvalue weighted by Gasteiger charge is 2.08. The summed E-state index contributed by atoms with van der Waals surface area (Å²) in [6, 6.07) is 17.6. The lowest BCUT2D eigenvalue weighted by atomic mass is 10.2. The van der Waals surface area contributed by atoms with Crippen LogP contribution in [0.2, 0.25) is 0 Å². The average Bonchev–Trinajstić information content (AvgIpc) is 3.13. The van der Waals surface area contributed by atoms with Gasteiger partial charge in [-0.2, -0.15) is 4.98 Å². The molecule has 2 heterocycles. The summed E-state index contributed by atoms with van der Waals surface area (Å²) in [7, 11) is 0. The number of fused-ring (bicyclic) bond motifs is 1. The number of nitrogens with one attached hydrogen (secondary N) is 2. The van der Waals surface area contributed by atoms with Gasteiger partial charge in [-0.3, -0.25) is 0 Å². The van der Waals surface area contributed by atoms with Crippen molar-refractivity contribution in [3.05, 3.63) is 78.5 Å². The minimum Gasteiger partial charge on any atom is -0.467 e. The van der Waals surface area contributed by atoms with Gasteiger partial charge in [0.1, 0.15) is 17.4 Å². The molecule has 0 saturated heterocycles. The Morgan fingerprint density at radius 3 is 2.72 bits per heavy atom. The van der Waals surface area contributed by atoms with Crippen LogP contribution in [-0.2, 0) is 6.54 Å². The number of aromatic nitrogens is 2. The average molecular weight is 334 g/mol. The SMILES string of the molecule is Fc1cccc(Nc2nc(NCc3ccco3)c3ccccc3n2)c1. The summed E-state index contributed by atoms with van der Waals surface area (Å²) in [5, 5.41) is 7.22. The van der Waals surface area contributed by atoms with Gasteiger partial charge >= 0.3 is 0 Å². The summed E-state index contributed by atoms with van der Waals surface area (Å²) in [6.45, 7) is 0.507. The summed E-state index contributed by atoms with van der Waals surface area (Å²) < 4.78 is 18.7. The molecule has 2 aromatic carbocycles. The van der Waals surface area contributed by atoms with Gasteiger partial charge < -0.3 is 15.1 Å². The van der Waals surface area contributed by atoms with E-state index in [0.29, 0.717) is 24.0 Å². The standard InChI is InChI=1S/C19H15FN4O/c20-13-5-3-6-14(11-13)22-19-23-17-9-2-1-8-16(17)18(24-19)21-12-15-7-4-10-25-15/h1-11H,12H2,(H2,21,22,23,24). The third kappa shape index (κ3) is 3.42. The first kappa shape index (κ1) is 15.1. The monoisotopic (exact) mass is 334 g/mol. The number of rotatable bonds is 5. The van der Waals surface area contributed by atoms with Crippen LogP contribution in [0.3, 0.4) is 0 Å². The first-order valence-electron chi connectivity index (χ1n) is 7.83. The smallest absolute Gasteiger partial charge is 0.229 e. The lowest BCUT2D eigenvalue weighted by Gasteiger charge is -2.11. The second-order valence-electron chi connectivity index (χ2n) is 5.48. The molecule has 4 aromatic rings. The Morgan fingerprint density at radius 1 is 0.960 bits per heavy atom. The van der Waals surface area contributed by atoms with Crippen LogP contribution in [-0.4, -0.2) is 9.97 Å². The predicted octanol–water partition coefficient (Wildman–Crippen LogP) is 4.72. The summed E-state index contributed by atoms with van der Waals surface area (Å²) in [4.78, 5) is 9.03. The zero-order valence-electron chi connectivity index (χ0n) is 13.2. The Kier molecular flexibility index (Phi) is 4.00. The van der Waals surface area contributed by atoms with E-state index < -0.39 is 0 Å². The van der Waals surface area contributed by atoms with Crippen molar-refractivity contribution in [1.82, 2.24) is 9.97 Å². The minimum atomic E-state index is -0.318. The van der Waals surface area contributed by atoms with E-state index in [2.05, 4.69) is 20.6 Å². The third-order valence-corrected chi connectivity index (χ3v) is 3.69. The lowest BCUT2D eigenvalue weighted by Crippen LogP contribution is -2.05. The first-order chi connectivity index (χ1) is 12.3. The van der Waals surface area contributed by atoms with Crippen LogP contribution in [0.25, 0.3) is 10.9 Å². The molecule has 0 unspecified atom stereocenters. The molecule has 2 aromatic heterocycles. The van der Waals surface area contributed by atoms with E-state index in [-0.39, 0.29) is 5.82 Å². The normalized spacial score (nSPS) is 10.8. The third-order valence-electron chi connectivity index (χ3n) is 3.69. The van der Waals surface area contributed by atoms with E-state index in [1.54, 1.807) is 18.4 Å². The van der Waals surface area contributed by atoms with E-state index in [0.717, 1.165) is 16.7 Å². The molecule has 5 nitrogen and oxygen atoms in total. The molecule has 0 saturated carbocycles.